The van der Waals surface area contributed by atoms with Crippen LogP contribution in [0.1, 0.15) is 12.5 Å². The summed E-state index contributed by atoms with van der Waals surface area (Å²) in [6.45, 7) is 3.54. The fraction of sp³-hybridized carbons (Fsp3) is 0.231. The van der Waals surface area contributed by atoms with Crippen molar-refractivity contribution in [3.8, 4) is 0 Å². The highest BCUT2D eigenvalue weighted by atomic mass is 35.5. The quantitative estimate of drug-likeness (QED) is 0.794. The Kier molecular flexibility index (Phi) is 3.13. The van der Waals surface area contributed by atoms with Gasteiger partial charge in [-0.05, 0) is 25.1 Å². The molecule has 0 spiro atoms. The lowest BCUT2D eigenvalue weighted by atomic mass is 10.3. The number of nitrogens with one attached hydrogen (secondary N) is 1. The third kappa shape index (κ3) is 2.56. The lowest BCUT2D eigenvalue weighted by Gasteiger charge is -1.97. The molecule has 0 unspecified atom stereocenters. The van der Waals surface area contributed by atoms with Crippen LogP contribution in [0.15, 0.2) is 35.0 Å². The molecule has 0 amide bonds. The first kappa shape index (κ1) is 12.0. The topological polar surface area (TPSA) is 55.9 Å². The molecule has 1 aromatic carbocycles. The average molecular weight is 277 g/mol. The summed E-state index contributed by atoms with van der Waals surface area (Å²) in [7, 11) is 0. The molecule has 0 aliphatic carbocycles. The molecule has 2 heterocycles. The molecule has 3 rings (SSSR count). The SMILES string of the molecule is CCn1cc(CNc2nc3cc(Cl)ccc3o2)cn1. The second-order valence-electron chi connectivity index (χ2n) is 4.19. The lowest BCUT2D eigenvalue weighted by Crippen LogP contribution is -1.98. The highest BCUT2D eigenvalue weighted by Gasteiger charge is 2.06. The maximum absolute atomic E-state index is 5.91. The number of halogens is 1. The van der Waals surface area contributed by atoms with Gasteiger partial charge in [0, 0.05) is 29.9 Å². The first-order chi connectivity index (χ1) is 9.24. The number of anilines is 1. The molecule has 0 saturated carbocycles. The van der Waals surface area contributed by atoms with E-state index >= 15 is 0 Å². The summed E-state index contributed by atoms with van der Waals surface area (Å²) >= 11 is 5.91. The van der Waals surface area contributed by atoms with Crippen LogP contribution in [0.25, 0.3) is 11.1 Å². The highest BCUT2D eigenvalue weighted by Crippen LogP contribution is 2.22. The van der Waals surface area contributed by atoms with E-state index in [1.165, 1.54) is 0 Å². The summed E-state index contributed by atoms with van der Waals surface area (Å²) in [4.78, 5) is 4.33. The van der Waals surface area contributed by atoms with E-state index in [9.17, 15) is 0 Å². The Bertz CT molecular complexity index is 704. The van der Waals surface area contributed by atoms with Crippen LogP contribution in [0.2, 0.25) is 5.02 Å². The molecule has 0 aliphatic rings. The van der Waals surface area contributed by atoms with Crippen LogP contribution in [0.5, 0.6) is 0 Å². The van der Waals surface area contributed by atoms with Gasteiger partial charge in [-0.1, -0.05) is 11.6 Å². The van der Waals surface area contributed by atoms with Gasteiger partial charge >= 0.3 is 0 Å². The maximum Gasteiger partial charge on any atom is 0.295 e. The fourth-order valence-corrected chi connectivity index (χ4v) is 1.99. The molecule has 5 nitrogen and oxygen atoms in total. The van der Waals surface area contributed by atoms with Gasteiger partial charge in [-0.2, -0.15) is 10.1 Å². The van der Waals surface area contributed by atoms with Gasteiger partial charge in [0.05, 0.1) is 6.20 Å². The van der Waals surface area contributed by atoms with Crippen molar-refractivity contribution < 1.29 is 4.42 Å². The number of nitrogens with zero attached hydrogens (tertiary/aromatic N) is 3. The van der Waals surface area contributed by atoms with Gasteiger partial charge in [0.25, 0.3) is 6.01 Å². The van der Waals surface area contributed by atoms with Crippen LogP contribution < -0.4 is 5.32 Å². The van der Waals surface area contributed by atoms with Crippen LogP contribution in [-0.2, 0) is 13.1 Å². The molecule has 0 aliphatic heterocycles. The van der Waals surface area contributed by atoms with E-state index in [0.29, 0.717) is 17.6 Å². The number of benzene rings is 1. The average Bonchev–Trinajstić information content (AvgIpc) is 3.01. The normalized spacial score (nSPS) is 11.1. The van der Waals surface area contributed by atoms with Crippen LogP contribution in [0, 0.1) is 0 Å². The third-order valence-electron chi connectivity index (χ3n) is 2.80. The molecule has 6 heteroatoms. The molecule has 0 radical (unpaired) electrons. The molecular weight excluding hydrogens is 264 g/mol. The van der Waals surface area contributed by atoms with Gasteiger partial charge < -0.3 is 9.73 Å². The zero-order valence-corrected chi connectivity index (χ0v) is 11.2. The van der Waals surface area contributed by atoms with Crippen molar-refractivity contribution in [2.24, 2.45) is 0 Å². The molecule has 3 aromatic rings. The van der Waals surface area contributed by atoms with E-state index in [0.717, 1.165) is 23.2 Å². The number of rotatable bonds is 4. The zero-order valence-electron chi connectivity index (χ0n) is 10.4. The Balaban J connectivity index is 1.74. The van der Waals surface area contributed by atoms with Crippen molar-refractivity contribution in [2.75, 3.05) is 5.32 Å². The summed E-state index contributed by atoms with van der Waals surface area (Å²) in [5.41, 5.74) is 2.55. The van der Waals surface area contributed by atoms with E-state index in [2.05, 4.69) is 22.3 Å². The minimum Gasteiger partial charge on any atom is -0.424 e. The number of hydrogen-bond donors (Lipinski definition) is 1. The van der Waals surface area contributed by atoms with Crippen LogP contribution in [-0.4, -0.2) is 14.8 Å². The molecule has 0 atom stereocenters. The monoisotopic (exact) mass is 276 g/mol. The van der Waals surface area contributed by atoms with Gasteiger partial charge in [-0.25, -0.2) is 0 Å². The Morgan fingerprint density at radius 1 is 1.42 bits per heavy atom. The minimum absolute atomic E-state index is 0.488. The number of fused-ring (bicyclic) bond motifs is 1. The second-order valence-corrected chi connectivity index (χ2v) is 4.63. The number of aromatic nitrogens is 3. The van der Waals surface area contributed by atoms with Crippen LogP contribution in [0.3, 0.4) is 0 Å². The van der Waals surface area contributed by atoms with E-state index in [1.54, 1.807) is 12.1 Å². The lowest BCUT2D eigenvalue weighted by molar-refractivity contribution is 0.614. The second kappa shape index (κ2) is 4.93. The fourth-order valence-electron chi connectivity index (χ4n) is 1.82. The Labute approximate surface area is 115 Å². The molecule has 98 valence electrons. The van der Waals surface area contributed by atoms with Crippen molar-refractivity contribution in [1.29, 1.82) is 0 Å². The number of oxazole rings is 1. The third-order valence-corrected chi connectivity index (χ3v) is 3.04. The summed E-state index contributed by atoms with van der Waals surface area (Å²) in [6.07, 6.45) is 3.82. The Hall–Kier alpha value is -2.01. The Morgan fingerprint density at radius 3 is 3.11 bits per heavy atom. The van der Waals surface area contributed by atoms with Crippen molar-refractivity contribution in [3.63, 3.8) is 0 Å². The predicted octanol–water partition coefficient (Wildman–Crippen LogP) is 3.31. The summed E-state index contributed by atoms with van der Waals surface area (Å²) in [5.74, 6) is 0. The zero-order chi connectivity index (χ0) is 13.2. The standard InChI is InChI=1S/C13H13ClN4O/c1-2-18-8-9(7-16-18)6-15-13-17-11-5-10(14)3-4-12(11)19-13/h3-5,7-8H,2,6H2,1H3,(H,15,17). The summed E-state index contributed by atoms with van der Waals surface area (Å²) < 4.78 is 7.45. The van der Waals surface area contributed by atoms with Crippen LogP contribution in [0.4, 0.5) is 6.01 Å². The molecule has 2 aromatic heterocycles. The van der Waals surface area contributed by atoms with Crippen molar-refractivity contribution in [3.05, 3.63) is 41.2 Å². The Morgan fingerprint density at radius 2 is 2.32 bits per heavy atom. The minimum atomic E-state index is 0.488. The van der Waals surface area contributed by atoms with E-state index in [1.807, 2.05) is 23.1 Å². The van der Waals surface area contributed by atoms with Gasteiger partial charge in [0.1, 0.15) is 5.52 Å². The first-order valence-electron chi connectivity index (χ1n) is 6.06. The van der Waals surface area contributed by atoms with Gasteiger partial charge in [0.15, 0.2) is 5.58 Å². The first-order valence-corrected chi connectivity index (χ1v) is 6.43. The van der Waals surface area contributed by atoms with Crippen LogP contribution >= 0.6 is 11.6 Å². The van der Waals surface area contributed by atoms with Crippen molar-refractivity contribution >= 4 is 28.7 Å². The predicted molar refractivity (Wildman–Crippen MR) is 74.2 cm³/mol. The molecular formula is C13H13ClN4O. The molecule has 1 N–H and O–H groups in total. The number of hydrogen-bond acceptors (Lipinski definition) is 4. The maximum atomic E-state index is 5.91. The molecule has 0 bridgehead atoms. The van der Waals surface area contributed by atoms with E-state index in [4.69, 9.17) is 16.0 Å². The van der Waals surface area contributed by atoms with Gasteiger partial charge in [0.2, 0.25) is 0 Å². The smallest absolute Gasteiger partial charge is 0.295 e. The summed E-state index contributed by atoms with van der Waals surface area (Å²) in [5, 5.41) is 7.99. The highest BCUT2D eigenvalue weighted by molar-refractivity contribution is 6.31. The summed E-state index contributed by atoms with van der Waals surface area (Å²) in [6, 6.07) is 5.86. The molecule has 0 fully saturated rings. The van der Waals surface area contributed by atoms with E-state index < -0.39 is 0 Å². The van der Waals surface area contributed by atoms with E-state index in [-0.39, 0.29) is 0 Å². The number of aryl methyl sites for hydroxylation is 1. The largest absolute Gasteiger partial charge is 0.424 e. The molecule has 0 saturated heterocycles. The molecule has 19 heavy (non-hydrogen) atoms. The van der Waals surface area contributed by atoms with Crippen molar-refractivity contribution in [1.82, 2.24) is 14.8 Å². The van der Waals surface area contributed by atoms with Gasteiger partial charge in [-0.15, -0.1) is 0 Å². The van der Waals surface area contributed by atoms with Gasteiger partial charge in [-0.3, -0.25) is 4.68 Å². The van der Waals surface area contributed by atoms with Crippen molar-refractivity contribution in [2.45, 2.75) is 20.0 Å².